The molecule has 0 radical (unpaired) electrons. The average Bonchev–Trinajstić information content (AvgIpc) is 3.29. The highest BCUT2D eigenvalue weighted by Gasteiger charge is 2.44. The number of para-hydroxylation sites is 1. The molecule has 0 fully saturated rings. The van der Waals surface area contributed by atoms with Crippen LogP contribution >= 0.6 is 11.6 Å². The van der Waals surface area contributed by atoms with Crippen LogP contribution in [0.5, 0.6) is 0 Å². The summed E-state index contributed by atoms with van der Waals surface area (Å²) < 4.78 is 0. The van der Waals surface area contributed by atoms with Gasteiger partial charge in [0.25, 0.3) is 11.8 Å². The summed E-state index contributed by atoms with van der Waals surface area (Å²) in [4.78, 5) is 30.4. The summed E-state index contributed by atoms with van der Waals surface area (Å²) in [7, 11) is 0. The number of benzene rings is 3. The fourth-order valence-corrected chi connectivity index (χ4v) is 4.33. The standard InChI is InChI=1S/C25H19ClN2O2/c1-16-11-12-19(15-20(16)26)28-24(29)22(18-8-3-2-4-9-18)23(25(28)30)27-14-13-17-7-5-6-10-21(17)27/h2-12,15H,13-14H2,1H3. The number of carbonyl (C=O) groups excluding carboxylic acids is 2. The van der Waals surface area contributed by atoms with Crippen LogP contribution in [0.25, 0.3) is 5.57 Å². The Labute approximate surface area is 180 Å². The fourth-order valence-electron chi connectivity index (χ4n) is 4.16. The number of hydrogen-bond donors (Lipinski definition) is 0. The highest BCUT2D eigenvalue weighted by Crippen LogP contribution is 2.40. The Bertz CT molecular complexity index is 1220. The van der Waals surface area contributed by atoms with Crippen molar-refractivity contribution in [3.8, 4) is 0 Å². The minimum Gasteiger partial charge on any atom is -0.336 e. The number of imide groups is 1. The normalized spacial score (nSPS) is 15.9. The topological polar surface area (TPSA) is 40.6 Å². The Kier molecular flexibility index (Phi) is 4.44. The van der Waals surface area contributed by atoms with Crippen LogP contribution in [0.3, 0.4) is 0 Å². The highest BCUT2D eigenvalue weighted by atomic mass is 35.5. The molecule has 30 heavy (non-hydrogen) atoms. The van der Waals surface area contributed by atoms with E-state index in [0.717, 1.165) is 23.2 Å². The second kappa shape index (κ2) is 7.15. The van der Waals surface area contributed by atoms with E-state index >= 15 is 0 Å². The van der Waals surface area contributed by atoms with E-state index in [0.29, 0.717) is 28.5 Å². The predicted octanol–water partition coefficient (Wildman–Crippen LogP) is 5.00. The lowest BCUT2D eigenvalue weighted by Gasteiger charge is -2.22. The second-order valence-electron chi connectivity index (χ2n) is 7.50. The molecular weight excluding hydrogens is 396 g/mol. The summed E-state index contributed by atoms with van der Waals surface area (Å²) in [5.74, 6) is -0.652. The number of nitrogens with zero attached hydrogens (tertiary/aromatic N) is 2. The molecule has 0 unspecified atom stereocenters. The van der Waals surface area contributed by atoms with Crippen molar-refractivity contribution in [1.82, 2.24) is 0 Å². The fraction of sp³-hybridized carbons (Fsp3) is 0.120. The molecule has 3 aromatic carbocycles. The van der Waals surface area contributed by atoms with Crippen molar-refractivity contribution >= 4 is 40.4 Å². The van der Waals surface area contributed by atoms with Crippen LogP contribution in [0.4, 0.5) is 11.4 Å². The molecule has 5 heteroatoms. The number of hydrogen-bond acceptors (Lipinski definition) is 3. The third kappa shape index (κ3) is 2.84. The van der Waals surface area contributed by atoms with E-state index in [-0.39, 0.29) is 11.8 Å². The maximum absolute atomic E-state index is 13.7. The Morgan fingerprint density at radius 3 is 2.37 bits per heavy atom. The highest BCUT2D eigenvalue weighted by molar-refractivity contribution is 6.46. The second-order valence-corrected chi connectivity index (χ2v) is 7.91. The molecule has 0 N–H and O–H groups in total. The van der Waals surface area contributed by atoms with Gasteiger partial charge in [-0.1, -0.05) is 66.2 Å². The van der Waals surface area contributed by atoms with Crippen molar-refractivity contribution < 1.29 is 9.59 Å². The molecule has 0 saturated heterocycles. The number of aryl methyl sites for hydroxylation is 1. The van der Waals surface area contributed by atoms with E-state index in [9.17, 15) is 9.59 Å². The third-order valence-electron chi connectivity index (χ3n) is 5.69. The molecular formula is C25H19ClN2O2. The van der Waals surface area contributed by atoms with E-state index < -0.39 is 0 Å². The van der Waals surface area contributed by atoms with Crippen molar-refractivity contribution in [2.75, 3.05) is 16.3 Å². The number of rotatable bonds is 3. The zero-order chi connectivity index (χ0) is 20.8. The van der Waals surface area contributed by atoms with Gasteiger partial charge in [-0.15, -0.1) is 0 Å². The van der Waals surface area contributed by atoms with E-state index in [2.05, 4.69) is 6.07 Å². The first kappa shape index (κ1) is 18.6. The smallest absolute Gasteiger partial charge is 0.282 e. The molecule has 2 aliphatic rings. The lowest BCUT2D eigenvalue weighted by Crippen LogP contribution is -2.34. The molecule has 3 aromatic rings. The van der Waals surface area contributed by atoms with Crippen molar-refractivity contribution in [1.29, 1.82) is 0 Å². The molecule has 0 spiro atoms. The molecule has 148 valence electrons. The Morgan fingerprint density at radius 2 is 1.60 bits per heavy atom. The first-order valence-electron chi connectivity index (χ1n) is 9.86. The van der Waals surface area contributed by atoms with Gasteiger partial charge in [0.2, 0.25) is 0 Å². The van der Waals surface area contributed by atoms with Gasteiger partial charge in [0, 0.05) is 17.3 Å². The van der Waals surface area contributed by atoms with Crippen LogP contribution in [0.15, 0.2) is 78.5 Å². The molecule has 0 bridgehead atoms. The van der Waals surface area contributed by atoms with Crippen molar-refractivity contribution in [2.45, 2.75) is 13.3 Å². The zero-order valence-electron chi connectivity index (χ0n) is 16.4. The number of anilines is 2. The Morgan fingerprint density at radius 1 is 0.867 bits per heavy atom. The van der Waals surface area contributed by atoms with Crippen LogP contribution in [0.2, 0.25) is 5.02 Å². The molecule has 5 rings (SSSR count). The van der Waals surface area contributed by atoms with Gasteiger partial charge in [-0.2, -0.15) is 0 Å². The average molecular weight is 415 g/mol. The summed E-state index contributed by atoms with van der Waals surface area (Å²) >= 11 is 6.30. The van der Waals surface area contributed by atoms with Gasteiger partial charge in [-0.3, -0.25) is 9.59 Å². The van der Waals surface area contributed by atoms with Crippen molar-refractivity contribution in [3.63, 3.8) is 0 Å². The number of carbonyl (C=O) groups is 2. The summed E-state index contributed by atoms with van der Waals surface area (Å²) in [6, 6.07) is 22.7. The van der Waals surface area contributed by atoms with Crippen molar-refractivity contribution in [2.24, 2.45) is 0 Å². The third-order valence-corrected chi connectivity index (χ3v) is 6.10. The lowest BCUT2D eigenvalue weighted by atomic mass is 10.0. The predicted molar refractivity (Wildman–Crippen MR) is 120 cm³/mol. The minimum absolute atomic E-state index is 0.324. The van der Waals surface area contributed by atoms with E-state index in [1.165, 1.54) is 10.5 Å². The molecule has 0 saturated carbocycles. The zero-order valence-corrected chi connectivity index (χ0v) is 17.2. The first-order valence-corrected chi connectivity index (χ1v) is 10.2. The number of fused-ring (bicyclic) bond motifs is 1. The molecule has 0 aromatic heterocycles. The van der Waals surface area contributed by atoms with E-state index in [4.69, 9.17) is 11.6 Å². The van der Waals surface area contributed by atoms with E-state index in [1.807, 2.05) is 66.4 Å². The first-order chi connectivity index (χ1) is 14.6. The molecule has 2 amide bonds. The SMILES string of the molecule is Cc1ccc(N2C(=O)C(c3ccccc3)=C(N3CCc4ccccc43)C2=O)cc1Cl. The van der Waals surface area contributed by atoms with Crippen molar-refractivity contribution in [3.05, 3.63) is 100 Å². The molecule has 0 aliphatic carbocycles. The number of halogens is 1. The van der Waals surface area contributed by atoms with Crippen LogP contribution in [-0.2, 0) is 16.0 Å². The minimum atomic E-state index is -0.328. The van der Waals surface area contributed by atoms with Crippen LogP contribution in [0.1, 0.15) is 16.7 Å². The largest absolute Gasteiger partial charge is 0.336 e. The van der Waals surface area contributed by atoms with Gasteiger partial charge in [-0.25, -0.2) is 4.90 Å². The monoisotopic (exact) mass is 414 g/mol. The van der Waals surface area contributed by atoms with E-state index in [1.54, 1.807) is 12.1 Å². The maximum atomic E-state index is 13.7. The summed E-state index contributed by atoms with van der Waals surface area (Å²) in [6.45, 7) is 2.55. The Balaban J connectivity index is 1.68. The maximum Gasteiger partial charge on any atom is 0.282 e. The van der Waals surface area contributed by atoms with Crippen LogP contribution in [0, 0.1) is 6.92 Å². The summed E-state index contributed by atoms with van der Waals surface area (Å²) in [6.07, 6.45) is 0.833. The summed E-state index contributed by atoms with van der Waals surface area (Å²) in [5, 5.41) is 0.523. The van der Waals surface area contributed by atoms with Gasteiger partial charge in [0.1, 0.15) is 5.70 Å². The van der Waals surface area contributed by atoms with Gasteiger partial charge in [0.05, 0.1) is 11.3 Å². The van der Waals surface area contributed by atoms with Gasteiger partial charge < -0.3 is 4.90 Å². The van der Waals surface area contributed by atoms with Crippen LogP contribution < -0.4 is 9.80 Å². The quantitative estimate of drug-likeness (QED) is 0.566. The lowest BCUT2D eigenvalue weighted by molar-refractivity contribution is -0.120. The van der Waals surface area contributed by atoms with Gasteiger partial charge in [-0.05, 0) is 48.2 Å². The molecule has 0 atom stereocenters. The molecule has 2 aliphatic heterocycles. The summed E-state index contributed by atoms with van der Waals surface area (Å²) in [5.41, 5.74) is 5.11. The van der Waals surface area contributed by atoms with Gasteiger partial charge >= 0.3 is 0 Å². The number of amides is 2. The molecule has 2 heterocycles. The van der Waals surface area contributed by atoms with Gasteiger partial charge in [0.15, 0.2) is 0 Å². The molecule has 4 nitrogen and oxygen atoms in total. The van der Waals surface area contributed by atoms with Crippen LogP contribution in [-0.4, -0.2) is 18.4 Å². The Hall–Kier alpha value is -3.37.